The van der Waals surface area contributed by atoms with Gasteiger partial charge in [-0.2, -0.15) is 4.65 Å². The summed E-state index contributed by atoms with van der Waals surface area (Å²) in [4.78, 5) is 12.1. The van der Waals surface area contributed by atoms with Crippen LogP contribution in [0.1, 0.15) is 6.92 Å². The van der Waals surface area contributed by atoms with Crippen molar-refractivity contribution in [3.05, 3.63) is 0 Å². The van der Waals surface area contributed by atoms with Crippen molar-refractivity contribution in [1.29, 1.82) is 0 Å². The Morgan fingerprint density at radius 3 is 2.10 bits per heavy atom. The molecule has 0 rings (SSSR count). The SMILES string of the molecule is CC(=O)N(C)C[N+](C)(C)O. The van der Waals surface area contributed by atoms with Gasteiger partial charge in [0, 0.05) is 14.0 Å². The molecule has 0 saturated heterocycles. The molecule has 0 unspecified atom stereocenters. The predicted octanol–water partition coefficient (Wildman–Crippen LogP) is -0.112. The molecule has 1 N–H and O–H groups in total. The van der Waals surface area contributed by atoms with Crippen molar-refractivity contribution in [3.8, 4) is 0 Å². The lowest BCUT2D eigenvalue weighted by Crippen LogP contribution is -2.45. The molecule has 0 aromatic rings. The number of rotatable bonds is 2. The van der Waals surface area contributed by atoms with Crippen LogP contribution in [0.3, 0.4) is 0 Å². The van der Waals surface area contributed by atoms with Gasteiger partial charge in [-0.3, -0.25) is 9.69 Å². The van der Waals surface area contributed by atoms with E-state index >= 15 is 0 Å². The summed E-state index contributed by atoms with van der Waals surface area (Å²) in [6.45, 7) is 1.78. The lowest BCUT2D eigenvalue weighted by Gasteiger charge is -2.24. The predicted molar refractivity (Wildman–Crippen MR) is 37.2 cm³/mol. The van der Waals surface area contributed by atoms with E-state index in [1.54, 1.807) is 21.1 Å². The molecule has 0 aromatic heterocycles. The van der Waals surface area contributed by atoms with Gasteiger partial charge in [0.25, 0.3) is 0 Å². The van der Waals surface area contributed by atoms with Crippen molar-refractivity contribution >= 4 is 5.91 Å². The van der Waals surface area contributed by atoms with Gasteiger partial charge in [0.15, 0.2) is 6.67 Å². The average molecular weight is 147 g/mol. The smallest absolute Gasteiger partial charge is 0.223 e. The van der Waals surface area contributed by atoms with Gasteiger partial charge in [0.1, 0.15) is 0 Å². The van der Waals surface area contributed by atoms with Crippen molar-refractivity contribution < 1.29 is 14.6 Å². The minimum Gasteiger partial charge on any atom is -0.296 e. The molecule has 1 amide bonds. The third-order valence-electron chi connectivity index (χ3n) is 1.10. The topological polar surface area (TPSA) is 40.5 Å². The van der Waals surface area contributed by atoms with Crippen LogP contribution in [0.5, 0.6) is 0 Å². The largest absolute Gasteiger partial charge is 0.296 e. The number of quaternary nitrogens is 1. The van der Waals surface area contributed by atoms with Gasteiger partial charge >= 0.3 is 0 Å². The number of nitrogens with zero attached hydrogens (tertiary/aromatic N) is 2. The Morgan fingerprint density at radius 2 is 2.00 bits per heavy atom. The molecule has 4 heteroatoms. The standard InChI is InChI=1S/C6H15N2O2/c1-6(9)7(2)5-8(3,4)10/h10H,5H2,1-4H3/q+1. The Bertz CT molecular complexity index is 128. The number of amides is 1. The molecule has 0 atom stereocenters. The average Bonchev–Trinajstić information content (AvgIpc) is 1.60. The van der Waals surface area contributed by atoms with Crippen LogP contribution < -0.4 is 0 Å². The van der Waals surface area contributed by atoms with Crippen molar-refractivity contribution in [3.63, 3.8) is 0 Å². The highest BCUT2D eigenvalue weighted by atomic mass is 16.5. The lowest BCUT2D eigenvalue weighted by atomic mass is 10.6. The first kappa shape index (κ1) is 9.39. The van der Waals surface area contributed by atoms with E-state index in [0.29, 0.717) is 6.67 Å². The molecule has 0 aromatic carbocycles. The summed E-state index contributed by atoms with van der Waals surface area (Å²) < 4.78 is -0.212. The molecule has 0 heterocycles. The van der Waals surface area contributed by atoms with Gasteiger partial charge in [-0.1, -0.05) is 0 Å². The third-order valence-corrected chi connectivity index (χ3v) is 1.10. The zero-order valence-electron chi connectivity index (χ0n) is 6.96. The first-order chi connectivity index (χ1) is 4.33. The molecule has 0 bridgehead atoms. The van der Waals surface area contributed by atoms with Crippen LogP contribution in [0, 0.1) is 0 Å². The van der Waals surface area contributed by atoms with Gasteiger partial charge in [0.2, 0.25) is 5.91 Å². The van der Waals surface area contributed by atoms with Gasteiger partial charge in [0.05, 0.1) is 14.1 Å². The maximum Gasteiger partial charge on any atom is 0.223 e. The van der Waals surface area contributed by atoms with Crippen LogP contribution >= 0.6 is 0 Å². The zero-order chi connectivity index (χ0) is 8.36. The Morgan fingerprint density at radius 1 is 1.60 bits per heavy atom. The van der Waals surface area contributed by atoms with Crippen molar-refractivity contribution in [2.45, 2.75) is 6.92 Å². The van der Waals surface area contributed by atoms with Gasteiger partial charge in [-0.05, 0) is 0 Å². The van der Waals surface area contributed by atoms with Gasteiger partial charge < -0.3 is 0 Å². The Hall–Kier alpha value is -0.610. The molecular weight excluding hydrogens is 132 g/mol. The number of hydrogen-bond acceptors (Lipinski definition) is 2. The van der Waals surface area contributed by atoms with E-state index in [0.717, 1.165) is 0 Å². The number of carbonyl (C=O) groups is 1. The van der Waals surface area contributed by atoms with E-state index < -0.39 is 0 Å². The van der Waals surface area contributed by atoms with E-state index in [4.69, 9.17) is 0 Å². The fourth-order valence-electron chi connectivity index (χ4n) is 0.619. The first-order valence-electron chi connectivity index (χ1n) is 3.10. The van der Waals surface area contributed by atoms with Crippen LogP contribution in [0.25, 0.3) is 0 Å². The fraction of sp³-hybridized carbons (Fsp3) is 0.833. The molecule has 60 valence electrons. The molecular formula is C6H15N2O2+. The molecule has 0 aliphatic heterocycles. The van der Waals surface area contributed by atoms with E-state index in [9.17, 15) is 10.0 Å². The van der Waals surface area contributed by atoms with Crippen molar-refractivity contribution in [2.75, 3.05) is 27.8 Å². The molecule has 10 heavy (non-hydrogen) atoms. The molecule has 0 aliphatic rings. The van der Waals surface area contributed by atoms with Gasteiger partial charge in [-0.25, -0.2) is 5.21 Å². The second-order valence-corrected chi connectivity index (χ2v) is 2.98. The highest BCUT2D eigenvalue weighted by molar-refractivity contribution is 5.72. The quantitative estimate of drug-likeness (QED) is 0.336. The Balaban J connectivity index is 3.80. The second kappa shape index (κ2) is 2.98. The van der Waals surface area contributed by atoms with Crippen LogP contribution in [0.4, 0.5) is 0 Å². The Kier molecular flexibility index (Phi) is 2.80. The van der Waals surface area contributed by atoms with Crippen molar-refractivity contribution in [2.24, 2.45) is 0 Å². The fourth-order valence-corrected chi connectivity index (χ4v) is 0.619. The first-order valence-corrected chi connectivity index (χ1v) is 3.10. The second-order valence-electron chi connectivity index (χ2n) is 2.98. The Labute approximate surface area is 61.2 Å². The maximum atomic E-state index is 10.6. The van der Waals surface area contributed by atoms with Crippen molar-refractivity contribution in [1.82, 2.24) is 4.90 Å². The van der Waals surface area contributed by atoms with E-state index in [1.165, 1.54) is 11.8 Å². The summed E-state index contributed by atoms with van der Waals surface area (Å²) in [6.07, 6.45) is 0. The zero-order valence-corrected chi connectivity index (χ0v) is 6.96. The summed E-state index contributed by atoms with van der Waals surface area (Å²) in [5.74, 6) is -0.0414. The lowest BCUT2D eigenvalue weighted by molar-refractivity contribution is -1.08. The number of carbonyl (C=O) groups excluding carboxylic acids is 1. The molecule has 0 saturated carbocycles. The molecule has 0 fully saturated rings. The summed E-state index contributed by atoms with van der Waals surface area (Å²) in [5, 5.41) is 9.18. The molecule has 0 spiro atoms. The number of hydrogen-bond donors (Lipinski definition) is 1. The summed E-state index contributed by atoms with van der Waals surface area (Å²) in [6, 6.07) is 0. The molecule has 0 aliphatic carbocycles. The van der Waals surface area contributed by atoms with Crippen LogP contribution in [-0.2, 0) is 4.79 Å². The summed E-state index contributed by atoms with van der Waals surface area (Å²) in [7, 11) is 4.87. The number of hydroxylamine groups is 3. The van der Waals surface area contributed by atoms with E-state index in [2.05, 4.69) is 0 Å². The normalized spacial score (nSPS) is 11.3. The van der Waals surface area contributed by atoms with Gasteiger partial charge in [-0.15, -0.1) is 0 Å². The van der Waals surface area contributed by atoms with Crippen LogP contribution in [-0.4, -0.2) is 48.5 Å². The molecule has 0 radical (unpaired) electrons. The summed E-state index contributed by atoms with van der Waals surface area (Å²) >= 11 is 0. The summed E-state index contributed by atoms with van der Waals surface area (Å²) in [5.41, 5.74) is 0. The van der Waals surface area contributed by atoms with Crippen LogP contribution in [0.2, 0.25) is 0 Å². The van der Waals surface area contributed by atoms with E-state index in [1.807, 2.05) is 0 Å². The molecule has 4 nitrogen and oxygen atoms in total. The minimum atomic E-state index is -0.212. The van der Waals surface area contributed by atoms with Crippen LogP contribution in [0.15, 0.2) is 0 Å². The monoisotopic (exact) mass is 147 g/mol. The van der Waals surface area contributed by atoms with E-state index in [-0.39, 0.29) is 10.6 Å². The maximum absolute atomic E-state index is 10.6. The highest BCUT2D eigenvalue weighted by Gasteiger charge is 2.15. The minimum absolute atomic E-state index is 0.0414. The highest BCUT2D eigenvalue weighted by Crippen LogP contribution is 1.92. The third kappa shape index (κ3) is 4.29.